The number of hydrogen-bond donors (Lipinski definition) is 6. The van der Waals surface area contributed by atoms with Crippen LogP contribution in [0.1, 0.15) is 11.1 Å². The number of fused-ring (bicyclic) bond motifs is 1. The van der Waals surface area contributed by atoms with E-state index in [2.05, 4.69) is 0 Å². The van der Waals surface area contributed by atoms with E-state index in [1.54, 1.807) is 12.1 Å². The van der Waals surface area contributed by atoms with Gasteiger partial charge in [0.15, 0.2) is 11.5 Å². The molecule has 5 aromatic rings. The molecule has 0 saturated carbocycles. The summed E-state index contributed by atoms with van der Waals surface area (Å²) in [6.45, 7) is -0.577. The quantitative estimate of drug-likeness (QED) is 0.0886. The molecule has 272 valence electrons. The molecule has 1 aliphatic heterocycles. The molecule has 1 aliphatic rings. The second-order valence-electron chi connectivity index (χ2n) is 11.9. The summed E-state index contributed by atoms with van der Waals surface area (Å²) in [7, 11) is 0. The standard InChI is InChI=1S/C39H32O14/c40-24-9-1-21(2-10-24)5-15-33(45)49-20-32-36(47)37(48)38(53-34(46)16-6-22-3-11-25(41)12-4-22)39(52-32)50-27-17-28(43)35-29(44)19-30(51-31(35)18-27)23-7-13-26(42)14-8-23/h1-19,32,36-43,47-48H,20H2/b15-5+,16-6+/t32-,36-,37+,38-,39-/m1/s1. The van der Waals surface area contributed by atoms with Crippen molar-refractivity contribution in [1.29, 1.82) is 0 Å². The van der Waals surface area contributed by atoms with Crippen molar-refractivity contribution in [3.63, 3.8) is 0 Å². The summed E-state index contributed by atoms with van der Waals surface area (Å²) in [6, 6.07) is 21.2. The third-order valence-corrected chi connectivity index (χ3v) is 8.08. The number of aliphatic hydroxyl groups excluding tert-OH is 2. The zero-order valence-electron chi connectivity index (χ0n) is 27.5. The second kappa shape index (κ2) is 15.7. The molecule has 0 amide bonds. The Bertz CT molecular complexity index is 2200. The summed E-state index contributed by atoms with van der Waals surface area (Å²) < 4.78 is 28.4. The smallest absolute Gasteiger partial charge is 0.331 e. The molecule has 53 heavy (non-hydrogen) atoms. The van der Waals surface area contributed by atoms with E-state index >= 15 is 0 Å². The molecule has 1 saturated heterocycles. The van der Waals surface area contributed by atoms with Crippen molar-refractivity contribution in [2.75, 3.05) is 6.61 Å². The summed E-state index contributed by atoms with van der Waals surface area (Å²) in [5.74, 6) is -2.32. The van der Waals surface area contributed by atoms with Gasteiger partial charge in [-0.15, -0.1) is 0 Å². The Morgan fingerprint density at radius 3 is 1.89 bits per heavy atom. The number of benzene rings is 4. The van der Waals surface area contributed by atoms with Crippen molar-refractivity contribution in [3.05, 3.63) is 124 Å². The zero-order valence-corrected chi connectivity index (χ0v) is 27.5. The molecule has 2 heterocycles. The van der Waals surface area contributed by atoms with E-state index in [-0.39, 0.29) is 39.7 Å². The lowest BCUT2D eigenvalue weighted by molar-refractivity contribution is -0.281. The van der Waals surface area contributed by atoms with Crippen LogP contribution in [-0.2, 0) is 23.8 Å². The number of carbonyl (C=O) groups is 2. The number of aliphatic hydroxyl groups is 2. The highest BCUT2D eigenvalue weighted by Gasteiger charge is 2.48. The van der Waals surface area contributed by atoms with Crippen LogP contribution >= 0.6 is 0 Å². The van der Waals surface area contributed by atoms with Crippen LogP contribution in [0.25, 0.3) is 34.4 Å². The Morgan fingerprint density at radius 2 is 1.28 bits per heavy atom. The van der Waals surface area contributed by atoms with Gasteiger partial charge in [0, 0.05) is 35.9 Å². The van der Waals surface area contributed by atoms with E-state index in [4.69, 9.17) is 23.4 Å². The van der Waals surface area contributed by atoms with Crippen LogP contribution in [-0.4, -0.2) is 79.9 Å². The number of ether oxygens (including phenoxy) is 4. The van der Waals surface area contributed by atoms with Crippen molar-refractivity contribution < 1.29 is 63.6 Å². The third-order valence-electron chi connectivity index (χ3n) is 8.08. The van der Waals surface area contributed by atoms with E-state index < -0.39 is 60.4 Å². The molecule has 4 aromatic carbocycles. The van der Waals surface area contributed by atoms with Crippen LogP contribution in [0.4, 0.5) is 0 Å². The first kappa shape index (κ1) is 36.2. The van der Waals surface area contributed by atoms with Crippen molar-refractivity contribution in [1.82, 2.24) is 0 Å². The monoisotopic (exact) mass is 724 g/mol. The number of aromatic hydroxyl groups is 4. The minimum absolute atomic E-state index is 0.00489. The number of esters is 2. The Balaban J connectivity index is 1.25. The third kappa shape index (κ3) is 8.83. The summed E-state index contributed by atoms with van der Waals surface area (Å²) >= 11 is 0. The van der Waals surface area contributed by atoms with Gasteiger partial charge in [0.25, 0.3) is 0 Å². The van der Waals surface area contributed by atoms with Gasteiger partial charge in [-0.05, 0) is 71.8 Å². The van der Waals surface area contributed by atoms with Crippen LogP contribution in [0.5, 0.6) is 28.7 Å². The Labute approximate surface area is 300 Å². The van der Waals surface area contributed by atoms with Crippen molar-refractivity contribution in [2.45, 2.75) is 30.7 Å². The van der Waals surface area contributed by atoms with Gasteiger partial charge < -0.3 is 54.0 Å². The molecule has 5 atom stereocenters. The van der Waals surface area contributed by atoms with Crippen LogP contribution in [0.2, 0.25) is 0 Å². The van der Waals surface area contributed by atoms with E-state index in [9.17, 15) is 45.0 Å². The molecule has 1 aromatic heterocycles. The molecule has 0 radical (unpaired) electrons. The van der Waals surface area contributed by atoms with Gasteiger partial charge in [0.1, 0.15) is 70.4 Å². The van der Waals surface area contributed by atoms with Crippen molar-refractivity contribution in [3.8, 4) is 40.1 Å². The number of rotatable bonds is 10. The maximum absolute atomic E-state index is 13.0. The van der Waals surface area contributed by atoms with Crippen LogP contribution < -0.4 is 10.2 Å². The van der Waals surface area contributed by atoms with Gasteiger partial charge >= 0.3 is 11.9 Å². The summed E-state index contributed by atoms with van der Waals surface area (Å²) in [5.41, 5.74) is 0.881. The van der Waals surface area contributed by atoms with Gasteiger partial charge in [-0.2, -0.15) is 0 Å². The first-order valence-corrected chi connectivity index (χ1v) is 16.0. The highest BCUT2D eigenvalue weighted by molar-refractivity contribution is 5.88. The highest BCUT2D eigenvalue weighted by atomic mass is 16.7. The van der Waals surface area contributed by atoms with Gasteiger partial charge in [0.2, 0.25) is 6.29 Å². The molecule has 0 aliphatic carbocycles. The van der Waals surface area contributed by atoms with Gasteiger partial charge in [0.05, 0.1) is 0 Å². The minimum Gasteiger partial charge on any atom is -0.508 e. The average molecular weight is 725 g/mol. The molecule has 14 heteroatoms. The molecule has 1 fully saturated rings. The van der Waals surface area contributed by atoms with Gasteiger partial charge in [-0.1, -0.05) is 24.3 Å². The summed E-state index contributed by atoms with van der Waals surface area (Å²) in [4.78, 5) is 38.4. The SMILES string of the molecule is O=C(/C=C/c1ccc(O)cc1)OC[C@H]1O[C@@H](Oc2cc(O)c3c(=O)cc(-c4ccc(O)cc4)oc3c2)[C@H](OC(=O)/C=C/c2ccc(O)cc2)[C@@H](O)[C@@H]1O. The Morgan fingerprint density at radius 1 is 0.717 bits per heavy atom. The summed E-state index contributed by atoms with van der Waals surface area (Å²) in [5, 5.41) is 61.4. The maximum atomic E-state index is 13.0. The lowest BCUT2D eigenvalue weighted by atomic mass is 9.99. The molecule has 6 rings (SSSR count). The highest BCUT2D eigenvalue weighted by Crippen LogP contribution is 2.34. The van der Waals surface area contributed by atoms with Crippen LogP contribution in [0, 0.1) is 0 Å². The number of phenolic OH excluding ortho intramolecular Hbond substituents is 4. The lowest BCUT2D eigenvalue weighted by Gasteiger charge is -2.41. The minimum atomic E-state index is -1.84. The average Bonchev–Trinajstić information content (AvgIpc) is 3.13. The number of carbonyl (C=O) groups excluding carboxylic acids is 2. The van der Waals surface area contributed by atoms with E-state index in [1.807, 2.05) is 0 Å². The van der Waals surface area contributed by atoms with E-state index in [1.165, 1.54) is 84.9 Å². The van der Waals surface area contributed by atoms with E-state index in [0.29, 0.717) is 16.7 Å². The Kier molecular flexibility index (Phi) is 10.7. The number of hydrogen-bond acceptors (Lipinski definition) is 14. The molecular formula is C39H32O14. The zero-order chi connectivity index (χ0) is 37.6. The first-order valence-electron chi connectivity index (χ1n) is 16.0. The molecule has 0 bridgehead atoms. The predicted molar refractivity (Wildman–Crippen MR) is 188 cm³/mol. The van der Waals surface area contributed by atoms with Crippen molar-refractivity contribution in [2.24, 2.45) is 0 Å². The molecule has 6 N–H and O–H groups in total. The molecule has 0 spiro atoms. The lowest BCUT2D eigenvalue weighted by Crippen LogP contribution is -2.61. The largest absolute Gasteiger partial charge is 0.508 e. The van der Waals surface area contributed by atoms with Crippen molar-refractivity contribution >= 4 is 35.1 Å². The fourth-order valence-corrected chi connectivity index (χ4v) is 5.36. The normalized spacial score (nSPS) is 20.1. The Hall–Kier alpha value is -6.61. The second-order valence-corrected chi connectivity index (χ2v) is 11.9. The molecule has 14 nitrogen and oxygen atoms in total. The van der Waals surface area contributed by atoms with Crippen LogP contribution in [0.3, 0.4) is 0 Å². The molecule has 0 unspecified atom stereocenters. The number of phenols is 4. The fourth-order valence-electron chi connectivity index (χ4n) is 5.36. The fraction of sp³-hybridized carbons (Fsp3) is 0.154. The first-order chi connectivity index (χ1) is 25.4. The predicted octanol–water partition coefficient (Wildman–Crippen LogP) is 3.99. The summed E-state index contributed by atoms with van der Waals surface area (Å²) in [6.07, 6.45) is -3.41. The van der Waals surface area contributed by atoms with Gasteiger partial charge in [-0.3, -0.25) is 4.79 Å². The molecular weight excluding hydrogens is 692 g/mol. The topological polar surface area (TPSA) is 223 Å². The van der Waals surface area contributed by atoms with Gasteiger partial charge in [-0.25, -0.2) is 9.59 Å². The van der Waals surface area contributed by atoms with E-state index in [0.717, 1.165) is 18.2 Å². The maximum Gasteiger partial charge on any atom is 0.331 e. The van der Waals surface area contributed by atoms with Crippen LogP contribution in [0.15, 0.2) is 112 Å².